The highest BCUT2D eigenvalue weighted by Crippen LogP contribution is 2.32. The number of halogens is 3. The zero-order chi connectivity index (χ0) is 15.0. The van der Waals surface area contributed by atoms with Crippen LogP contribution in [0.3, 0.4) is 0 Å². The molecule has 0 fully saturated rings. The minimum atomic E-state index is -4.74. The fourth-order valence-electron chi connectivity index (χ4n) is 1.45. The van der Waals surface area contributed by atoms with Gasteiger partial charge in [-0.2, -0.15) is 0 Å². The third-order valence-electron chi connectivity index (χ3n) is 2.23. The molecule has 9 heteroatoms. The van der Waals surface area contributed by atoms with Crippen LogP contribution in [-0.4, -0.2) is 14.8 Å². The van der Waals surface area contributed by atoms with Gasteiger partial charge in [0.1, 0.15) is 9.96 Å². The normalized spacial score (nSPS) is 12.4. The summed E-state index contributed by atoms with van der Waals surface area (Å²) < 4.78 is 62.0. The van der Waals surface area contributed by atoms with Crippen LogP contribution in [0.4, 0.5) is 13.2 Å². The van der Waals surface area contributed by atoms with Crippen molar-refractivity contribution in [3.8, 4) is 16.2 Å². The van der Waals surface area contributed by atoms with Gasteiger partial charge in [0.25, 0.3) is 0 Å². The Kier molecular flexibility index (Phi) is 3.76. The molecular formula is C11H8F3NO3S2. The Hall–Kier alpha value is -1.58. The van der Waals surface area contributed by atoms with Gasteiger partial charge >= 0.3 is 6.36 Å². The van der Waals surface area contributed by atoms with E-state index in [9.17, 15) is 21.6 Å². The van der Waals surface area contributed by atoms with Gasteiger partial charge in [0.2, 0.25) is 10.0 Å². The topological polar surface area (TPSA) is 69.4 Å². The van der Waals surface area contributed by atoms with Gasteiger partial charge in [0, 0.05) is 4.88 Å². The molecule has 1 aromatic heterocycles. The molecule has 2 aromatic rings. The number of hydrogen-bond acceptors (Lipinski definition) is 4. The van der Waals surface area contributed by atoms with E-state index in [0.29, 0.717) is 10.4 Å². The van der Waals surface area contributed by atoms with Crippen LogP contribution in [-0.2, 0) is 10.0 Å². The van der Waals surface area contributed by atoms with Crippen molar-refractivity contribution >= 4 is 21.4 Å². The molecule has 0 bridgehead atoms. The lowest BCUT2D eigenvalue weighted by Gasteiger charge is -2.08. The Morgan fingerprint density at radius 3 is 2.10 bits per heavy atom. The lowest BCUT2D eigenvalue weighted by Crippen LogP contribution is -2.16. The highest BCUT2D eigenvalue weighted by Gasteiger charge is 2.30. The number of ether oxygens (including phenoxy) is 1. The zero-order valence-corrected chi connectivity index (χ0v) is 11.3. The predicted molar refractivity (Wildman–Crippen MR) is 67.8 cm³/mol. The smallest absolute Gasteiger partial charge is 0.406 e. The molecule has 0 aliphatic carbocycles. The molecule has 4 nitrogen and oxygen atoms in total. The molecular weight excluding hydrogens is 315 g/mol. The molecule has 0 unspecified atom stereocenters. The second-order valence-electron chi connectivity index (χ2n) is 3.74. The first kappa shape index (κ1) is 14.8. The van der Waals surface area contributed by atoms with Gasteiger partial charge in [-0.25, -0.2) is 13.6 Å². The van der Waals surface area contributed by atoms with Crippen LogP contribution in [0.1, 0.15) is 0 Å². The van der Waals surface area contributed by atoms with Crippen LogP contribution in [0.15, 0.2) is 40.6 Å². The summed E-state index contributed by atoms with van der Waals surface area (Å²) in [5, 5.41) is 4.98. The molecule has 0 saturated heterocycles. The molecule has 20 heavy (non-hydrogen) atoms. The number of rotatable bonds is 3. The van der Waals surface area contributed by atoms with Crippen LogP contribution >= 0.6 is 11.3 Å². The van der Waals surface area contributed by atoms with E-state index in [1.54, 1.807) is 0 Å². The van der Waals surface area contributed by atoms with E-state index >= 15 is 0 Å². The molecule has 0 aliphatic rings. The molecule has 0 aliphatic heterocycles. The van der Waals surface area contributed by atoms with Gasteiger partial charge in [0.15, 0.2) is 0 Å². The van der Waals surface area contributed by atoms with Crippen LogP contribution in [0, 0.1) is 0 Å². The Labute approximate surface area is 116 Å². The number of alkyl halides is 3. The third kappa shape index (κ3) is 3.71. The van der Waals surface area contributed by atoms with E-state index in [1.165, 1.54) is 24.3 Å². The SMILES string of the molecule is NS(=O)(=O)c1ccc(-c2ccc(OC(F)(F)F)cc2)s1. The van der Waals surface area contributed by atoms with Gasteiger partial charge in [-0.15, -0.1) is 24.5 Å². The summed E-state index contributed by atoms with van der Waals surface area (Å²) in [5.41, 5.74) is 0.569. The molecule has 1 heterocycles. The molecule has 0 saturated carbocycles. The fourth-order valence-corrected chi connectivity index (χ4v) is 3.18. The van der Waals surface area contributed by atoms with Crippen molar-refractivity contribution in [3.63, 3.8) is 0 Å². The Balaban J connectivity index is 2.24. The number of nitrogens with two attached hydrogens (primary N) is 1. The second kappa shape index (κ2) is 5.08. The van der Waals surface area contributed by atoms with Crippen LogP contribution < -0.4 is 9.88 Å². The van der Waals surface area contributed by atoms with Gasteiger partial charge in [0.05, 0.1) is 0 Å². The number of thiophene rings is 1. The lowest BCUT2D eigenvalue weighted by molar-refractivity contribution is -0.274. The van der Waals surface area contributed by atoms with Crippen molar-refractivity contribution in [3.05, 3.63) is 36.4 Å². The van der Waals surface area contributed by atoms with Crippen molar-refractivity contribution in [1.82, 2.24) is 0 Å². The summed E-state index contributed by atoms with van der Waals surface area (Å²) >= 11 is 0.936. The molecule has 0 atom stereocenters. The summed E-state index contributed by atoms with van der Waals surface area (Å²) in [5.74, 6) is -0.343. The van der Waals surface area contributed by atoms with E-state index in [1.807, 2.05) is 0 Å². The molecule has 0 amide bonds. The first-order valence-electron chi connectivity index (χ1n) is 5.14. The van der Waals surface area contributed by atoms with Gasteiger partial charge in [-0.1, -0.05) is 0 Å². The van der Waals surface area contributed by atoms with E-state index in [4.69, 9.17) is 5.14 Å². The molecule has 108 valence electrons. The van der Waals surface area contributed by atoms with Gasteiger partial charge < -0.3 is 4.74 Å². The molecule has 1 aromatic carbocycles. The molecule has 0 radical (unpaired) electrons. The number of primary sulfonamides is 1. The van der Waals surface area contributed by atoms with E-state index in [2.05, 4.69) is 4.74 Å². The molecule has 2 N–H and O–H groups in total. The maximum absolute atomic E-state index is 12.0. The average molecular weight is 323 g/mol. The summed E-state index contributed by atoms with van der Waals surface area (Å²) in [6, 6.07) is 7.98. The first-order chi connectivity index (χ1) is 9.15. The molecule has 0 spiro atoms. The molecule has 2 rings (SSSR count). The zero-order valence-electron chi connectivity index (χ0n) is 9.72. The maximum atomic E-state index is 12.0. The Bertz CT molecular complexity index is 705. The van der Waals surface area contributed by atoms with Crippen LogP contribution in [0.5, 0.6) is 5.75 Å². The highest BCUT2D eigenvalue weighted by molar-refractivity contribution is 7.91. The maximum Gasteiger partial charge on any atom is 0.573 e. The second-order valence-corrected chi connectivity index (χ2v) is 6.61. The number of hydrogen-bond donors (Lipinski definition) is 1. The number of sulfonamides is 1. The van der Waals surface area contributed by atoms with Crippen molar-refractivity contribution in [1.29, 1.82) is 0 Å². The summed E-state index contributed by atoms with van der Waals surface area (Å²) in [6.07, 6.45) is -4.74. The quantitative estimate of drug-likeness (QED) is 0.944. The van der Waals surface area contributed by atoms with E-state index < -0.39 is 16.4 Å². The minimum absolute atomic E-state index is 0.0110. The predicted octanol–water partition coefficient (Wildman–Crippen LogP) is 2.96. The summed E-state index contributed by atoms with van der Waals surface area (Å²) in [7, 11) is -3.78. The van der Waals surface area contributed by atoms with Crippen molar-refractivity contribution in [2.24, 2.45) is 5.14 Å². The lowest BCUT2D eigenvalue weighted by atomic mass is 10.2. The van der Waals surface area contributed by atoms with Crippen molar-refractivity contribution in [2.45, 2.75) is 10.6 Å². The largest absolute Gasteiger partial charge is 0.573 e. The fraction of sp³-hybridized carbons (Fsp3) is 0.0909. The summed E-state index contributed by atoms with van der Waals surface area (Å²) in [4.78, 5) is 0.576. The standard InChI is InChI=1S/C11H8F3NO3S2/c12-11(13,14)18-8-3-1-7(2-4-8)9-5-6-10(19-9)20(15,16)17/h1-6H,(H2,15,16,17). The Morgan fingerprint density at radius 1 is 1.05 bits per heavy atom. The van der Waals surface area contributed by atoms with Crippen LogP contribution in [0.25, 0.3) is 10.4 Å². The van der Waals surface area contributed by atoms with Gasteiger partial charge in [-0.05, 0) is 42.0 Å². The minimum Gasteiger partial charge on any atom is -0.406 e. The summed E-state index contributed by atoms with van der Waals surface area (Å²) in [6.45, 7) is 0. The third-order valence-corrected chi connectivity index (χ3v) is 4.81. The highest BCUT2D eigenvalue weighted by atomic mass is 32.2. The Morgan fingerprint density at radius 2 is 1.65 bits per heavy atom. The first-order valence-corrected chi connectivity index (χ1v) is 7.50. The average Bonchev–Trinajstić information content (AvgIpc) is 2.76. The van der Waals surface area contributed by atoms with Crippen molar-refractivity contribution in [2.75, 3.05) is 0 Å². The van der Waals surface area contributed by atoms with Crippen molar-refractivity contribution < 1.29 is 26.3 Å². The van der Waals surface area contributed by atoms with E-state index in [0.717, 1.165) is 23.5 Å². The monoisotopic (exact) mass is 323 g/mol. The van der Waals surface area contributed by atoms with Crippen LogP contribution in [0.2, 0.25) is 0 Å². The van der Waals surface area contributed by atoms with E-state index in [-0.39, 0.29) is 9.96 Å². The van der Waals surface area contributed by atoms with Gasteiger partial charge in [-0.3, -0.25) is 0 Å². The number of benzene rings is 1.